The van der Waals surface area contributed by atoms with Gasteiger partial charge < -0.3 is 10.4 Å². The number of carbonyl (C=O) groups is 1. The van der Waals surface area contributed by atoms with Gasteiger partial charge in [-0.25, -0.2) is 9.78 Å². The lowest BCUT2D eigenvalue weighted by Gasteiger charge is -2.23. The Labute approximate surface area is 156 Å². The Balaban J connectivity index is 1.98. The molecule has 7 nitrogen and oxygen atoms in total. The van der Waals surface area contributed by atoms with Crippen LogP contribution >= 0.6 is 0 Å². The first kappa shape index (κ1) is 18.3. The first-order chi connectivity index (χ1) is 13.0. The van der Waals surface area contributed by atoms with Gasteiger partial charge in [-0.1, -0.05) is 37.3 Å². The summed E-state index contributed by atoms with van der Waals surface area (Å²) < 4.78 is 1.30. The van der Waals surface area contributed by atoms with Gasteiger partial charge in [0.2, 0.25) is 5.95 Å². The number of hydrogen-bond donors (Lipinski definition) is 2. The van der Waals surface area contributed by atoms with E-state index >= 15 is 0 Å². The molecule has 3 aromatic rings. The number of nitrogens with zero attached hydrogens (tertiary/aromatic N) is 3. The van der Waals surface area contributed by atoms with Gasteiger partial charge in [-0.2, -0.15) is 0 Å². The Hall–Kier alpha value is -3.48. The summed E-state index contributed by atoms with van der Waals surface area (Å²) in [6.07, 6.45) is 3.22. The highest BCUT2D eigenvalue weighted by atomic mass is 16.4. The highest BCUT2D eigenvalue weighted by Gasteiger charge is 2.27. The molecule has 0 saturated carbocycles. The third-order valence-electron chi connectivity index (χ3n) is 4.49. The minimum Gasteiger partial charge on any atom is -0.480 e. The van der Waals surface area contributed by atoms with Gasteiger partial charge in [0.15, 0.2) is 0 Å². The molecule has 3 rings (SSSR count). The van der Waals surface area contributed by atoms with E-state index in [1.165, 1.54) is 10.6 Å². The lowest BCUT2D eigenvalue weighted by atomic mass is 9.93. The molecule has 1 aromatic carbocycles. The molecule has 7 heteroatoms. The number of rotatable bonds is 6. The van der Waals surface area contributed by atoms with Crippen LogP contribution < -0.4 is 10.9 Å². The quantitative estimate of drug-likeness (QED) is 0.698. The standard InChI is InChI=1S/C20H20N4O3/c1-13(14-6-4-3-5-7-14)18(19(26)27)23-20-22-16(12-17(25)24(20)2)15-8-10-21-11-9-15/h3-13,18H,1-2H3,(H,22,23)(H,26,27). The van der Waals surface area contributed by atoms with Crippen LogP contribution in [0.5, 0.6) is 0 Å². The van der Waals surface area contributed by atoms with Crippen molar-refractivity contribution in [1.82, 2.24) is 14.5 Å². The number of carboxylic acids is 1. The molecule has 2 aromatic heterocycles. The zero-order valence-corrected chi connectivity index (χ0v) is 15.0. The number of nitrogens with one attached hydrogen (secondary N) is 1. The molecule has 27 heavy (non-hydrogen) atoms. The number of anilines is 1. The monoisotopic (exact) mass is 364 g/mol. The van der Waals surface area contributed by atoms with E-state index in [1.807, 2.05) is 37.3 Å². The number of aliphatic carboxylic acids is 1. The highest BCUT2D eigenvalue weighted by Crippen LogP contribution is 2.23. The van der Waals surface area contributed by atoms with Gasteiger partial charge in [0, 0.05) is 37.0 Å². The number of benzene rings is 1. The van der Waals surface area contributed by atoms with E-state index in [-0.39, 0.29) is 17.4 Å². The smallest absolute Gasteiger partial charge is 0.326 e. The Morgan fingerprint density at radius 2 is 1.81 bits per heavy atom. The van der Waals surface area contributed by atoms with Crippen LogP contribution in [-0.2, 0) is 11.8 Å². The molecular formula is C20H20N4O3. The largest absolute Gasteiger partial charge is 0.480 e. The van der Waals surface area contributed by atoms with Crippen molar-refractivity contribution in [3.8, 4) is 11.3 Å². The Kier molecular flexibility index (Phi) is 5.30. The highest BCUT2D eigenvalue weighted by molar-refractivity contribution is 5.78. The van der Waals surface area contributed by atoms with Crippen LogP contribution in [0.2, 0.25) is 0 Å². The average Bonchev–Trinajstić information content (AvgIpc) is 2.69. The van der Waals surface area contributed by atoms with E-state index in [9.17, 15) is 14.7 Å². The van der Waals surface area contributed by atoms with E-state index in [2.05, 4.69) is 15.3 Å². The van der Waals surface area contributed by atoms with E-state index in [0.717, 1.165) is 11.1 Å². The first-order valence-corrected chi connectivity index (χ1v) is 8.50. The Bertz CT molecular complexity index is 987. The van der Waals surface area contributed by atoms with Crippen LogP contribution in [0.4, 0.5) is 5.95 Å². The fourth-order valence-electron chi connectivity index (χ4n) is 2.83. The van der Waals surface area contributed by atoms with Crippen LogP contribution in [0.15, 0.2) is 65.7 Å². The summed E-state index contributed by atoms with van der Waals surface area (Å²) in [7, 11) is 1.56. The molecule has 2 heterocycles. The van der Waals surface area contributed by atoms with Gasteiger partial charge in [-0.15, -0.1) is 0 Å². The maximum Gasteiger partial charge on any atom is 0.326 e. The second kappa shape index (κ2) is 7.82. The molecule has 0 aliphatic carbocycles. The minimum atomic E-state index is -1.02. The van der Waals surface area contributed by atoms with Gasteiger partial charge >= 0.3 is 5.97 Å². The molecule has 0 radical (unpaired) electrons. The molecule has 0 bridgehead atoms. The summed E-state index contributed by atoms with van der Waals surface area (Å²) in [5, 5.41) is 12.7. The van der Waals surface area contributed by atoms with E-state index < -0.39 is 12.0 Å². The van der Waals surface area contributed by atoms with Crippen molar-refractivity contribution in [3.63, 3.8) is 0 Å². The SMILES string of the molecule is CC(c1ccccc1)C(Nc1nc(-c2ccncc2)cc(=O)n1C)C(=O)O. The Morgan fingerprint density at radius 3 is 2.44 bits per heavy atom. The molecule has 0 amide bonds. The van der Waals surface area contributed by atoms with Gasteiger partial charge in [0.25, 0.3) is 5.56 Å². The average molecular weight is 364 g/mol. The molecule has 0 saturated heterocycles. The van der Waals surface area contributed by atoms with Crippen LogP contribution in [0, 0.1) is 0 Å². The van der Waals surface area contributed by atoms with Gasteiger partial charge in [0.1, 0.15) is 6.04 Å². The van der Waals surface area contributed by atoms with Gasteiger partial charge in [-0.05, 0) is 17.7 Å². The lowest BCUT2D eigenvalue weighted by Crippen LogP contribution is -2.37. The molecule has 0 aliphatic rings. The van der Waals surface area contributed by atoms with Crippen molar-refractivity contribution in [2.45, 2.75) is 18.9 Å². The first-order valence-electron chi connectivity index (χ1n) is 8.50. The number of carboxylic acid groups (broad SMARTS) is 1. The summed E-state index contributed by atoms with van der Waals surface area (Å²) in [5.74, 6) is -1.15. The number of aromatic nitrogens is 3. The molecule has 138 valence electrons. The van der Waals surface area contributed by atoms with Crippen molar-refractivity contribution < 1.29 is 9.90 Å². The molecule has 2 atom stereocenters. The predicted molar refractivity (Wildman–Crippen MR) is 103 cm³/mol. The van der Waals surface area contributed by atoms with Crippen LogP contribution in [0.3, 0.4) is 0 Å². The third-order valence-corrected chi connectivity index (χ3v) is 4.49. The maximum atomic E-state index is 12.3. The lowest BCUT2D eigenvalue weighted by molar-refractivity contribution is -0.138. The van der Waals surface area contributed by atoms with Crippen LogP contribution in [0.25, 0.3) is 11.3 Å². The van der Waals surface area contributed by atoms with Gasteiger partial charge in [0.05, 0.1) is 5.69 Å². The van der Waals surface area contributed by atoms with Crippen LogP contribution in [0.1, 0.15) is 18.4 Å². The minimum absolute atomic E-state index is 0.199. The van der Waals surface area contributed by atoms with Crippen molar-refractivity contribution in [3.05, 3.63) is 76.8 Å². The third kappa shape index (κ3) is 4.03. The molecule has 0 spiro atoms. The predicted octanol–water partition coefficient (Wildman–Crippen LogP) is 2.51. The Morgan fingerprint density at radius 1 is 1.15 bits per heavy atom. The summed E-state index contributed by atoms with van der Waals surface area (Å²) in [4.78, 5) is 32.6. The maximum absolute atomic E-state index is 12.3. The van der Waals surface area contributed by atoms with Crippen molar-refractivity contribution >= 4 is 11.9 Å². The summed E-state index contributed by atoms with van der Waals surface area (Å²) in [6.45, 7) is 1.83. The topological polar surface area (TPSA) is 97.1 Å². The zero-order chi connectivity index (χ0) is 19.4. The second-order valence-corrected chi connectivity index (χ2v) is 6.26. The number of hydrogen-bond acceptors (Lipinski definition) is 5. The molecular weight excluding hydrogens is 344 g/mol. The van der Waals surface area contributed by atoms with Crippen molar-refractivity contribution in [2.24, 2.45) is 7.05 Å². The van der Waals surface area contributed by atoms with E-state index in [1.54, 1.807) is 31.6 Å². The van der Waals surface area contributed by atoms with Crippen LogP contribution in [-0.4, -0.2) is 31.7 Å². The molecule has 2 unspecified atom stereocenters. The van der Waals surface area contributed by atoms with Crippen molar-refractivity contribution in [2.75, 3.05) is 5.32 Å². The fraction of sp³-hybridized carbons (Fsp3) is 0.200. The van der Waals surface area contributed by atoms with Gasteiger partial charge in [-0.3, -0.25) is 14.3 Å². The number of pyridine rings is 1. The summed E-state index contributed by atoms with van der Waals surface area (Å²) >= 11 is 0. The fourth-order valence-corrected chi connectivity index (χ4v) is 2.83. The van der Waals surface area contributed by atoms with Crippen molar-refractivity contribution in [1.29, 1.82) is 0 Å². The molecule has 0 fully saturated rings. The molecule has 2 N–H and O–H groups in total. The summed E-state index contributed by atoms with van der Waals surface area (Å²) in [6, 6.07) is 13.3. The normalized spacial score (nSPS) is 13.0. The zero-order valence-electron chi connectivity index (χ0n) is 15.0. The summed E-state index contributed by atoms with van der Waals surface area (Å²) in [5.41, 5.74) is 1.79. The molecule has 0 aliphatic heterocycles. The van der Waals surface area contributed by atoms with E-state index in [4.69, 9.17) is 0 Å². The second-order valence-electron chi connectivity index (χ2n) is 6.26. The van der Waals surface area contributed by atoms with E-state index in [0.29, 0.717) is 5.69 Å².